The van der Waals surface area contributed by atoms with E-state index in [-0.39, 0.29) is 25.3 Å². The molecule has 0 spiro atoms. The van der Waals surface area contributed by atoms with Crippen LogP contribution < -0.4 is 5.32 Å². The second kappa shape index (κ2) is 10.2. The van der Waals surface area contributed by atoms with Gasteiger partial charge in [0.25, 0.3) is 5.91 Å². The maximum Gasteiger partial charge on any atom is 0.405 e. The summed E-state index contributed by atoms with van der Waals surface area (Å²) in [6.45, 7) is 0.424. The Hall–Kier alpha value is -3.27. The summed E-state index contributed by atoms with van der Waals surface area (Å²) in [7, 11) is 1.61. The number of likely N-dealkylation sites (tertiary alicyclic amines) is 1. The number of rotatable bonds is 7. The molecule has 1 saturated heterocycles. The number of benzene rings is 2. The molecule has 0 bridgehead atoms. The Labute approximate surface area is 210 Å². The van der Waals surface area contributed by atoms with E-state index in [1.807, 2.05) is 30.3 Å². The first kappa shape index (κ1) is 24.8. The molecule has 0 radical (unpaired) electrons. The summed E-state index contributed by atoms with van der Waals surface area (Å²) < 4.78 is 14.9. The first-order valence-electron chi connectivity index (χ1n) is 11.3. The molecular formula is C25H26BrFN4O4. The SMILES string of the molecule is CN1N=C2CCN(C(=O)C(CCc3ccc(Br)cc3F)NC(=O)O)CC2(Cc2ccccc2)C1=O. The fraction of sp³-hybridized carbons (Fsp3) is 0.360. The lowest BCUT2D eigenvalue weighted by atomic mass is 9.73. The topological polar surface area (TPSA) is 102 Å². The quantitative estimate of drug-likeness (QED) is 0.557. The van der Waals surface area contributed by atoms with Crippen LogP contribution in [0, 0.1) is 11.2 Å². The number of carbonyl (C=O) groups is 3. The molecule has 35 heavy (non-hydrogen) atoms. The highest BCUT2D eigenvalue weighted by molar-refractivity contribution is 9.10. The highest BCUT2D eigenvalue weighted by Gasteiger charge is 2.53. The Morgan fingerprint density at radius 1 is 1.26 bits per heavy atom. The van der Waals surface area contributed by atoms with Crippen molar-refractivity contribution in [1.29, 1.82) is 0 Å². The van der Waals surface area contributed by atoms with Crippen molar-refractivity contribution in [2.45, 2.75) is 31.7 Å². The van der Waals surface area contributed by atoms with Gasteiger partial charge in [0.15, 0.2) is 0 Å². The summed E-state index contributed by atoms with van der Waals surface area (Å²) in [5.74, 6) is -1.05. The van der Waals surface area contributed by atoms with Gasteiger partial charge in [-0.2, -0.15) is 5.10 Å². The minimum Gasteiger partial charge on any atom is -0.465 e. The maximum atomic E-state index is 14.3. The number of hydrogen-bond acceptors (Lipinski definition) is 4. The molecule has 2 unspecified atom stereocenters. The number of hydrogen-bond donors (Lipinski definition) is 2. The number of halogens is 2. The summed E-state index contributed by atoms with van der Waals surface area (Å²) in [5.41, 5.74) is 1.08. The molecule has 0 saturated carbocycles. The van der Waals surface area contributed by atoms with Crippen LogP contribution in [0.3, 0.4) is 0 Å². The summed E-state index contributed by atoms with van der Waals surface area (Å²) in [5, 5.41) is 17.4. The van der Waals surface area contributed by atoms with Crippen molar-refractivity contribution >= 4 is 39.5 Å². The van der Waals surface area contributed by atoms with Crippen molar-refractivity contribution in [1.82, 2.24) is 15.2 Å². The van der Waals surface area contributed by atoms with Gasteiger partial charge in [0.05, 0.1) is 5.71 Å². The Morgan fingerprint density at radius 3 is 2.69 bits per heavy atom. The summed E-state index contributed by atoms with van der Waals surface area (Å²) in [4.78, 5) is 39.8. The fourth-order valence-corrected chi connectivity index (χ4v) is 5.20. The third kappa shape index (κ3) is 5.22. The molecule has 184 valence electrons. The first-order chi connectivity index (χ1) is 16.7. The van der Waals surface area contributed by atoms with E-state index in [0.29, 0.717) is 29.4 Å². The molecule has 2 aliphatic rings. The Kier molecular flexibility index (Phi) is 7.20. The minimum absolute atomic E-state index is 0.0840. The van der Waals surface area contributed by atoms with Gasteiger partial charge in [0.1, 0.15) is 17.3 Å². The van der Waals surface area contributed by atoms with Crippen LogP contribution in [0.4, 0.5) is 9.18 Å². The van der Waals surface area contributed by atoms with Crippen molar-refractivity contribution < 1.29 is 23.9 Å². The number of aryl methyl sites for hydroxylation is 1. The second-order valence-corrected chi connectivity index (χ2v) is 9.82. The van der Waals surface area contributed by atoms with Crippen LogP contribution in [0.25, 0.3) is 0 Å². The van der Waals surface area contributed by atoms with Crippen molar-refractivity contribution in [3.05, 3.63) is 69.9 Å². The molecule has 2 aliphatic heterocycles. The normalized spacial score (nSPS) is 20.3. The van der Waals surface area contributed by atoms with Gasteiger partial charge >= 0.3 is 6.09 Å². The average molecular weight is 545 g/mol. The minimum atomic E-state index is -1.34. The lowest BCUT2D eigenvalue weighted by Gasteiger charge is -2.40. The lowest BCUT2D eigenvalue weighted by molar-refractivity contribution is -0.140. The lowest BCUT2D eigenvalue weighted by Crippen LogP contribution is -2.58. The van der Waals surface area contributed by atoms with Gasteiger partial charge in [0, 0.05) is 31.0 Å². The first-order valence-corrected chi connectivity index (χ1v) is 12.1. The van der Waals surface area contributed by atoms with Gasteiger partial charge < -0.3 is 15.3 Å². The summed E-state index contributed by atoms with van der Waals surface area (Å²) in [6.07, 6.45) is -0.278. The smallest absolute Gasteiger partial charge is 0.405 e. The molecule has 2 N–H and O–H groups in total. The van der Waals surface area contributed by atoms with Gasteiger partial charge in [0.2, 0.25) is 5.91 Å². The third-order valence-electron chi connectivity index (χ3n) is 6.58. The number of amides is 3. The number of hydrazone groups is 1. The van der Waals surface area contributed by atoms with Crippen molar-refractivity contribution in [2.75, 3.05) is 20.1 Å². The van der Waals surface area contributed by atoms with Gasteiger partial charge in [-0.3, -0.25) is 9.59 Å². The van der Waals surface area contributed by atoms with Gasteiger partial charge in [-0.15, -0.1) is 0 Å². The van der Waals surface area contributed by atoms with Crippen LogP contribution >= 0.6 is 15.9 Å². The van der Waals surface area contributed by atoms with E-state index < -0.39 is 29.3 Å². The molecular weight excluding hydrogens is 519 g/mol. The zero-order chi connectivity index (χ0) is 25.2. The second-order valence-electron chi connectivity index (χ2n) is 8.91. The fourth-order valence-electron chi connectivity index (χ4n) is 4.87. The van der Waals surface area contributed by atoms with Crippen LogP contribution in [0.2, 0.25) is 0 Å². The van der Waals surface area contributed by atoms with E-state index in [1.54, 1.807) is 19.2 Å². The van der Waals surface area contributed by atoms with Gasteiger partial charge in [-0.05, 0) is 42.5 Å². The largest absolute Gasteiger partial charge is 0.465 e. The van der Waals surface area contributed by atoms with Crippen LogP contribution in [0.5, 0.6) is 0 Å². The molecule has 2 heterocycles. The third-order valence-corrected chi connectivity index (χ3v) is 7.07. The number of fused-ring (bicyclic) bond motifs is 1. The summed E-state index contributed by atoms with van der Waals surface area (Å²) in [6, 6.07) is 13.1. The summed E-state index contributed by atoms with van der Waals surface area (Å²) >= 11 is 3.21. The Morgan fingerprint density at radius 2 is 2.00 bits per heavy atom. The predicted molar refractivity (Wildman–Crippen MR) is 131 cm³/mol. The highest BCUT2D eigenvalue weighted by Crippen LogP contribution is 2.38. The molecule has 0 aromatic heterocycles. The number of carboxylic acid groups (broad SMARTS) is 1. The maximum absolute atomic E-state index is 14.3. The molecule has 2 aromatic rings. The molecule has 0 aliphatic carbocycles. The zero-order valence-electron chi connectivity index (χ0n) is 19.2. The molecule has 8 nitrogen and oxygen atoms in total. The van der Waals surface area contributed by atoms with Crippen LogP contribution in [0.1, 0.15) is 24.0 Å². The van der Waals surface area contributed by atoms with E-state index in [4.69, 9.17) is 0 Å². The molecule has 2 atom stereocenters. The van der Waals surface area contributed by atoms with Crippen molar-refractivity contribution in [3.8, 4) is 0 Å². The van der Waals surface area contributed by atoms with Crippen molar-refractivity contribution in [3.63, 3.8) is 0 Å². The van der Waals surface area contributed by atoms with Crippen LogP contribution in [-0.4, -0.2) is 64.8 Å². The van der Waals surface area contributed by atoms with Crippen molar-refractivity contribution in [2.24, 2.45) is 10.5 Å². The zero-order valence-corrected chi connectivity index (χ0v) is 20.8. The van der Waals surface area contributed by atoms with E-state index in [1.165, 1.54) is 16.0 Å². The molecule has 1 fully saturated rings. The highest BCUT2D eigenvalue weighted by atomic mass is 79.9. The average Bonchev–Trinajstić information content (AvgIpc) is 3.06. The number of carbonyl (C=O) groups excluding carboxylic acids is 2. The Balaban J connectivity index is 1.55. The van der Waals surface area contributed by atoms with E-state index in [9.17, 15) is 23.9 Å². The molecule has 2 aromatic carbocycles. The molecule has 4 rings (SSSR count). The number of nitrogens with zero attached hydrogens (tertiary/aromatic N) is 3. The molecule has 3 amide bonds. The number of piperidine rings is 1. The van der Waals surface area contributed by atoms with Crippen LogP contribution in [-0.2, 0) is 22.4 Å². The van der Waals surface area contributed by atoms with Gasteiger partial charge in [-0.25, -0.2) is 14.2 Å². The predicted octanol–water partition coefficient (Wildman–Crippen LogP) is 3.45. The monoisotopic (exact) mass is 544 g/mol. The van der Waals surface area contributed by atoms with E-state index in [2.05, 4.69) is 26.3 Å². The van der Waals surface area contributed by atoms with E-state index >= 15 is 0 Å². The van der Waals surface area contributed by atoms with Crippen LogP contribution in [0.15, 0.2) is 58.1 Å². The Bertz CT molecular complexity index is 1180. The van der Waals surface area contributed by atoms with E-state index in [0.717, 1.165) is 11.3 Å². The number of nitrogens with one attached hydrogen (secondary N) is 1. The van der Waals surface area contributed by atoms with Gasteiger partial charge in [-0.1, -0.05) is 52.3 Å². The standard InChI is InChI=1S/C25H26BrFN4O4/c1-30-23(33)25(14-16-5-3-2-4-6-16)15-31(12-11-21(25)29-30)22(32)20(28-24(34)35)10-8-17-7-9-18(26)13-19(17)27/h2-7,9,13,20,28H,8,10-12,14-15H2,1H3,(H,34,35). The molecule has 10 heteroatoms.